The number of nitrogens with zero attached hydrogens (tertiary/aromatic N) is 2. The van der Waals surface area contributed by atoms with Gasteiger partial charge >= 0.3 is 0 Å². The largest absolute Gasteiger partial charge is 0.466 e. The molecule has 0 radical (unpaired) electrons. The van der Waals surface area contributed by atoms with Crippen LogP contribution in [0.5, 0.6) is 0 Å². The lowest BCUT2D eigenvalue weighted by Gasteiger charge is -2.06. The van der Waals surface area contributed by atoms with E-state index in [1.54, 1.807) is 29.1 Å². The topological polar surface area (TPSA) is 51.2 Å². The molecule has 0 saturated carbocycles. The van der Waals surface area contributed by atoms with Crippen LogP contribution in [0.2, 0.25) is 0 Å². The van der Waals surface area contributed by atoms with Crippen molar-refractivity contribution >= 4 is 0 Å². The summed E-state index contributed by atoms with van der Waals surface area (Å²) in [5.41, 5.74) is 0. The maximum atomic E-state index is 9.77. The van der Waals surface area contributed by atoms with E-state index in [0.29, 0.717) is 11.6 Å². The number of rotatable bonds is 2. The number of hydrogen-bond donors (Lipinski definition) is 1. The SMILES string of the molecule is Cn1ccnc1[C@@H](O)c1ccco1. The van der Waals surface area contributed by atoms with Crippen LogP contribution >= 0.6 is 0 Å². The molecule has 0 amide bonds. The summed E-state index contributed by atoms with van der Waals surface area (Å²) in [6, 6.07) is 3.46. The molecular formula is C9H10N2O2. The standard InChI is InChI=1S/C9H10N2O2/c1-11-5-4-10-9(11)8(12)7-3-2-6-13-7/h2-6,8,12H,1H3/t8-/m0/s1. The second-order valence-corrected chi connectivity index (χ2v) is 2.81. The molecule has 0 aliphatic heterocycles. The van der Waals surface area contributed by atoms with Crippen molar-refractivity contribution in [3.05, 3.63) is 42.4 Å². The number of aryl methyl sites for hydroxylation is 1. The summed E-state index contributed by atoms with van der Waals surface area (Å²) in [5, 5.41) is 9.77. The molecule has 4 nitrogen and oxygen atoms in total. The quantitative estimate of drug-likeness (QED) is 0.749. The average Bonchev–Trinajstić information content (AvgIpc) is 2.72. The monoisotopic (exact) mass is 178 g/mol. The van der Waals surface area contributed by atoms with Gasteiger partial charge in [0, 0.05) is 19.4 Å². The molecule has 0 aliphatic carbocycles. The van der Waals surface area contributed by atoms with Crippen LogP contribution in [0.3, 0.4) is 0 Å². The number of aromatic nitrogens is 2. The minimum absolute atomic E-state index is 0.509. The van der Waals surface area contributed by atoms with Gasteiger partial charge in [0.05, 0.1) is 6.26 Å². The molecule has 0 unspecified atom stereocenters. The maximum absolute atomic E-state index is 9.77. The fourth-order valence-electron chi connectivity index (χ4n) is 1.21. The Hall–Kier alpha value is -1.55. The molecule has 2 rings (SSSR count). The van der Waals surface area contributed by atoms with E-state index in [4.69, 9.17) is 4.42 Å². The van der Waals surface area contributed by atoms with Gasteiger partial charge in [0.15, 0.2) is 6.10 Å². The molecule has 1 atom stereocenters. The molecule has 68 valence electrons. The Balaban J connectivity index is 2.33. The lowest BCUT2D eigenvalue weighted by molar-refractivity contribution is 0.177. The molecule has 13 heavy (non-hydrogen) atoms. The van der Waals surface area contributed by atoms with Crippen molar-refractivity contribution in [3.63, 3.8) is 0 Å². The minimum Gasteiger partial charge on any atom is -0.466 e. The van der Waals surface area contributed by atoms with Crippen LogP contribution in [-0.4, -0.2) is 14.7 Å². The van der Waals surface area contributed by atoms with Gasteiger partial charge in [-0.1, -0.05) is 0 Å². The number of aliphatic hydroxyl groups excluding tert-OH is 1. The second-order valence-electron chi connectivity index (χ2n) is 2.81. The zero-order valence-corrected chi connectivity index (χ0v) is 7.21. The number of furan rings is 1. The van der Waals surface area contributed by atoms with Gasteiger partial charge in [-0.3, -0.25) is 0 Å². The molecule has 0 aromatic carbocycles. The third-order valence-electron chi connectivity index (χ3n) is 1.92. The Kier molecular flexibility index (Phi) is 1.90. The maximum Gasteiger partial charge on any atom is 0.169 e. The number of imidazole rings is 1. The summed E-state index contributed by atoms with van der Waals surface area (Å²) in [4.78, 5) is 4.02. The summed E-state index contributed by atoms with van der Waals surface area (Å²) in [7, 11) is 1.83. The van der Waals surface area contributed by atoms with Crippen LogP contribution in [0.25, 0.3) is 0 Å². The first kappa shape index (κ1) is 8.07. The van der Waals surface area contributed by atoms with Crippen LogP contribution in [0.15, 0.2) is 35.2 Å². The molecule has 0 aliphatic rings. The van der Waals surface area contributed by atoms with Gasteiger partial charge < -0.3 is 14.1 Å². The highest BCUT2D eigenvalue weighted by molar-refractivity contribution is 5.12. The molecule has 2 aromatic rings. The summed E-state index contributed by atoms with van der Waals surface area (Å²) in [5.74, 6) is 1.09. The van der Waals surface area contributed by atoms with Crippen molar-refractivity contribution < 1.29 is 9.52 Å². The van der Waals surface area contributed by atoms with Crippen LogP contribution in [0, 0.1) is 0 Å². The molecule has 2 heterocycles. The lowest BCUT2D eigenvalue weighted by Crippen LogP contribution is -2.05. The second kappa shape index (κ2) is 3.06. The van der Waals surface area contributed by atoms with Gasteiger partial charge in [0.25, 0.3) is 0 Å². The van der Waals surface area contributed by atoms with E-state index in [0.717, 1.165) is 0 Å². The van der Waals surface area contributed by atoms with Gasteiger partial charge in [-0.25, -0.2) is 4.98 Å². The third-order valence-corrected chi connectivity index (χ3v) is 1.92. The highest BCUT2D eigenvalue weighted by atomic mass is 16.4. The molecule has 0 fully saturated rings. The summed E-state index contributed by atoms with van der Waals surface area (Å²) < 4.78 is 6.83. The van der Waals surface area contributed by atoms with Gasteiger partial charge in [-0.05, 0) is 12.1 Å². The van der Waals surface area contributed by atoms with Crippen molar-refractivity contribution in [1.82, 2.24) is 9.55 Å². The van der Waals surface area contributed by atoms with E-state index in [9.17, 15) is 5.11 Å². The van der Waals surface area contributed by atoms with Gasteiger partial charge in [-0.15, -0.1) is 0 Å². The lowest BCUT2D eigenvalue weighted by atomic mass is 10.2. The smallest absolute Gasteiger partial charge is 0.169 e. The first-order valence-corrected chi connectivity index (χ1v) is 3.97. The van der Waals surface area contributed by atoms with E-state index >= 15 is 0 Å². The van der Waals surface area contributed by atoms with Crippen LogP contribution in [0.1, 0.15) is 17.7 Å². The average molecular weight is 178 g/mol. The molecule has 2 aromatic heterocycles. The van der Waals surface area contributed by atoms with Crippen LogP contribution in [0.4, 0.5) is 0 Å². The van der Waals surface area contributed by atoms with E-state index in [2.05, 4.69) is 4.98 Å². The Morgan fingerprint density at radius 2 is 2.46 bits per heavy atom. The first-order valence-electron chi connectivity index (χ1n) is 3.97. The predicted molar refractivity (Wildman–Crippen MR) is 46.0 cm³/mol. The van der Waals surface area contributed by atoms with Crippen molar-refractivity contribution in [1.29, 1.82) is 0 Å². The predicted octanol–water partition coefficient (Wildman–Crippen LogP) is 1.09. The molecule has 0 saturated heterocycles. The van der Waals surface area contributed by atoms with Crippen molar-refractivity contribution in [2.75, 3.05) is 0 Å². The summed E-state index contributed by atoms with van der Waals surface area (Å²) in [6.07, 6.45) is 4.17. The fraction of sp³-hybridized carbons (Fsp3) is 0.222. The van der Waals surface area contributed by atoms with Crippen molar-refractivity contribution in [2.24, 2.45) is 7.05 Å². The van der Waals surface area contributed by atoms with E-state index in [-0.39, 0.29) is 0 Å². The molecule has 4 heteroatoms. The Bertz CT molecular complexity index is 378. The Labute approximate surface area is 75.4 Å². The fourth-order valence-corrected chi connectivity index (χ4v) is 1.21. The summed E-state index contributed by atoms with van der Waals surface area (Å²) >= 11 is 0. The third kappa shape index (κ3) is 1.36. The van der Waals surface area contributed by atoms with Gasteiger partial charge in [0.1, 0.15) is 11.6 Å². The van der Waals surface area contributed by atoms with Crippen LogP contribution < -0.4 is 0 Å². The zero-order chi connectivity index (χ0) is 9.26. The minimum atomic E-state index is -0.782. The molecule has 0 spiro atoms. The normalized spacial score (nSPS) is 13.1. The van der Waals surface area contributed by atoms with Crippen molar-refractivity contribution in [3.8, 4) is 0 Å². The van der Waals surface area contributed by atoms with Crippen LogP contribution in [-0.2, 0) is 7.05 Å². The number of aliphatic hydroxyl groups is 1. The summed E-state index contributed by atoms with van der Waals surface area (Å²) in [6.45, 7) is 0. The first-order chi connectivity index (χ1) is 6.29. The van der Waals surface area contributed by atoms with Gasteiger partial charge in [-0.2, -0.15) is 0 Å². The van der Waals surface area contributed by atoms with E-state index in [1.807, 2.05) is 7.05 Å². The molecular weight excluding hydrogens is 168 g/mol. The Morgan fingerprint density at radius 1 is 1.62 bits per heavy atom. The molecule has 1 N–H and O–H groups in total. The number of hydrogen-bond acceptors (Lipinski definition) is 3. The highest BCUT2D eigenvalue weighted by Gasteiger charge is 2.16. The Morgan fingerprint density at radius 3 is 3.00 bits per heavy atom. The highest BCUT2D eigenvalue weighted by Crippen LogP contribution is 2.19. The molecule has 0 bridgehead atoms. The van der Waals surface area contributed by atoms with Crippen molar-refractivity contribution in [2.45, 2.75) is 6.10 Å². The van der Waals surface area contributed by atoms with Gasteiger partial charge in [0.2, 0.25) is 0 Å². The zero-order valence-electron chi connectivity index (χ0n) is 7.21. The van der Waals surface area contributed by atoms with E-state index < -0.39 is 6.10 Å². The van der Waals surface area contributed by atoms with E-state index in [1.165, 1.54) is 6.26 Å².